The Kier molecular flexibility index (Phi) is 3.60. The van der Waals surface area contributed by atoms with Gasteiger partial charge in [-0.2, -0.15) is 0 Å². The van der Waals surface area contributed by atoms with Crippen LogP contribution in [0.5, 0.6) is 0 Å². The third kappa shape index (κ3) is 2.49. The van der Waals surface area contributed by atoms with Gasteiger partial charge < -0.3 is 9.57 Å². The molecule has 2 aromatic rings. The summed E-state index contributed by atoms with van der Waals surface area (Å²) in [6, 6.07) is 5.94. The van der Waals surface area contributed by atoms with Crippen molar-refractivity contribution in [3.8, 4) is 0 Å². The summed E-state index contributed by atoms with van der Waals surface area (Å²) in [5, 5.41) is 4.65. The summed E-state index contributed by atoms with van der Waals surface area (Å²) in [7, 11) is 1.34. The van der Waals surface area contributed by atoms with Crippen molar-refractivity contribution in [2.24, 2.45) is 5.16 Å². The average molecular weight is 291 g/mol. The van der Waals surface area contributed by atoms with Crippen LogP contribution in [0.15, 0.2) is 40.9 Å². The lowest BCUT2D eigenvalue weighted by Crippen LogP contribution is -2.18. The summed E-state index contributed by atoms with van der Waals surface area (Å²) in [5.74, 6) is 0.252. The van der Waals surface area contributed by atoms with Crippen LogP contribution in [0.2, 0.25) is 0 Å². The number of oxime groups is 1. The molecule has 6 nitrogen and oxygen atoms in total. The van der Waals surface area contributed by atoms with Gasteiger partial charge >= 0.3 is 5.97 Å². The van der Waals surface area contributed by atoms with Gasteiger partial charge in [0.1, 0.15) is 6.10 Å². The topological polar surface area (TPSA) is 65.2 Å². The van der Waals surface area contributed by atoms with E-state index in [0.717, 1.165) is 10.7 Å². The number of ether oxygens (including phenoxy) is 1. The van der Waals surface area contributed by atoms with Gasteiger partial charge in [0.25, 0.3) is 0 Å². The fraction of sp³-hybridized carbons (Fsp3) is 0.308. The molecular weight excluding hydrogens is 278 g/mol. The maximum atomic E-state index is 11.3. The van der Waals surface area contributed by atoms with E-state index in [9.17, 15) is 4.79 Å². The Hall–Kier alpha value is -2.02. The fourth-order valence-electron chi connectivity index (χ4n) is 1.95. The van der Waals surface area contributed by atoms with E-state index in [1.54, 1.807) is 11.8 Å². The summed E-state index contributed by atoms with van der Waals surface area (Å²) in [4.78, 5) is 20.9. The Bertz CT molecular complexity index is 668. The van der Waals surface area contributed by atoms with E-state index >= 15 is 0 Å². The molecule has 1 atom stereocenters. The molecule has 0 radical (unpaired) electrons. The number of fused-ring (bicyclic) bond motifs is 1. The number of hydrogen-bond donors (Lipinski definition) is 0. The molecular formula is C13H13N3O3S. The SMILES string of the molecule is COC(=O)C1=NO[C@H](CSc2ncc3ccccn23)C1. The van der Waals surface area contributed by atoms with Crippen molar-refractivity contribution in [3.63, 3.8) is 0 Å². The van der Waals surface area contributed by atoms with Crippen molar-refractivity contribution in [1.29, 1.82) is 0 Å². The first-order chi connectivity index (χ1) is 9.78. The molecule has 1 aliphatic rings. The lowest BCUT2D eigenvalue weighted by atomic mass is 10.2. The average Bonchev–Trinajstić information content (AvgIpc) is 3.11. The second-order valence-corrected chi connectivity index (χ2v) is 5.30. The molecule has 0 N–H and O–H groups in total. The van der Waals surface area contributed by atoms with E-state index in [0.29, 0.717) is 17.9 Å². The molecule has 0 aromatic carbocycles. The van der Waals surface area contributed by atoms with Crippen LogP contribution in [0, 0.1) is 0 Å². The van der Waals surface area contributed by atoms with Gasteiger partial charge in [0.2, 0.25) is 0 Å². The summed E-state index contributed by atoms with van der Waals surface area (Å²) in [5.41, 5.74) is 1.39. The van der Waals surface area contributed by atoms with E-state index in [1.165, 1.54) is 7.11 Å². The minimum Gasteiger partial charge on any atom is -0.464 e. The molecule has 3 rings (SSSR count). The monoisotopic (exact) mass is 291 g/mol. The minimum atomic E-state index is -0.427. The highest BCUT2D eigenvalue weighted by Crippen LogP contribution is 2.23. The quantitative estimate of drug-likeness (QED) is 0.634. The number of nitrogens with zero attached hydrogens (tertiary/aromatic N) is 3. The molecule has 0 fully saturated rings. The molecule has 104 valence electrons. The summed E-state index contributed by atoms with van der Waals surface area (Å²) < 4.78 is 6.63. The molecule has 0 aliphatic carbocycles. The number of thioether (sulfide) groups is 1. The number of pyridine rings is 1. The Morgan fingerprint density at radius 1 is 1.60 bits per heavy atom. The highest BCUT2D eigenvalue weighted by molar-refractivity contribution is 7.99. The first-order valence-corrected chi connectivity index (χ1v) is 7.12. The van der Waals surface area contributed by atoms with Crippen LogP contribution < -0.4 is 0 Å². The molecule has 0 bridgehead atoms. The van der Waals surface area contributed by atoms with Crippen LogP contribution in [0.4, 0.5) is 0 Å². The third-order valence-corrected chi connectivity index (χ3v) is 4.06. The van der Waals surface area contributed by atoms with Crippen molar-refractivity contribution in [3.05, 3.63) is 30.6 Å². The van der Waals surface area contributed by atoms with Gasteiger partial charge in [-0.15, -0.1) is 0 Å². The lowest BCUT2D eigenvalue weighted by molar-refractivity contribution is -0.132. The van der Waals surface area contributed by atoms with Crippen LogP contribution in [0.1, 0.15) is 6.42 Å². The molecule has 20 heavy (non-hydrogen) atoms. The number of carbonyl (C=O) groups is 1. The maximum absolute atomic E-state index is 11.3. The molecule has 0 saturated carbocycles. The number of rotatable bonds is 4. The fourth-order valence-corrected chi connectivity index (χ4v) is 2.90. The lowest BCUT2D eigenvalue weighted by Gasteiger charge is -2.06. The van der Waals surface area contributed by atoms with Crippen molar-refractivity contribution < 1.29 is 14.4 Å². The Morgan fingerprint density at radius 2 is 2.50 bits per heavy atom. The predicted molar refractivity (Wildman–Crippen MR) is 74.9 cm³/mol. The van der Waals surface area contributed by atoms with Crippen LogP contribution >= 0.6 is 11.8 Å². The molecule has 2 aromatic heterocycles. The van der Waals surface area contributed by atoms with E-state index in [-0.39, 0.29) is 6.10 Å². The molecule has 0 amide bonds. The zero-order valence-corrected chi connectivity index (χ0v) is 11.7. The second kappa shape index (κ2) is 5.54. The first kappa shape index (κ1) is 13.0. The van der Waals surface area contributed by atoms with Crippen LogP contribution in [0.3, 0.4) is 0 Å². The van der Waals surface area contributed by atoms with Crippen molar-refractivity contribution in [2.75, 3.05) is 12.9 Å². The normalized spacial score (nSPS) is 17.9. The number of esters is 1. The van der Waals surface area contributed by atoms with Gasteiger partial charge in [0, 0.05) is 18.4 Å². The van der Waals surface area contributed by atoms with E-state index in [2.05, 4.69) is 14.9 Å². The third-order valence-electron chi connectivity index (χ3n) is 2.96. The van der Waals surface area contributed by atoms with E-state index < -0.39 is 5.97 Å². The smallest absolute Gasteiger partial charge is 0.355 e. The molecule has 3 heterocycles. The predicted octanol–water partition coefficient (Wildman–Crippen LogP) is 1.74. The second-order valence-electron chi connectivity index (χ2n) is 4.31. The maximum Gasteiger partial charge on any atom is 0.355 e. The molecule has 1 aliphatic heterocycles. The number of methoxy groups -OCH3 is 1. The van der Waals surface area contributed by atoms with E-state index in [4.69, 9.17) is 4.84 Å². The van der Waals surface area contributed by atoms with Gasteiger partial charge in [-0.3, -0.25) is 4.40 Å². The number of imidazole rings is 1. The van der Waals surface area contributed by atoms with Gasteiger partial charge in [0.15, 0.2) is 10.9 Å². The standard InChI is InChI=1S/C13H13N3O3S/c1-18-12(17)11-6-10(19-15-11)8-20-13-14-7-9-4-2-3-5-16(9)13/h2-5,7,10H,6,8H2,1H3/t10-/m0/s1. The van der Waals surface area contributed by atoms with Crippen LogP contribution in [-0.4, -0.2) is 40.0 Å². The molecule has 0 saturated heterocycles. The van der Waals surface area contributed by atoms with Crippen molar-refractivity contribution in [2.45, 2.75) is 17.7 Å². The summed E-state index contributed by atoms with van der Waals surface area (Å²) >= 11 is 1.58. The molecule has 0 spiro atoms. The summed E-state index contributed by atoms with van der Waals surface area (Å²) in [6.45, 7) is 0. The Labute approximate surface area is 119 Å². The Balaban J connectivity index is 1.60. The van der Waals surface area contributed by atoms with Gasteiger partial charge in [-0.25, -0.2) is 9.78 Å². The molecule has 7 heteroatoms. The largest absolute Gasteiger partial charge is 0.464 e. The Morgan fingerprint density at radius 3 is 3.35 bits per heavy atom. The number of aromatic nitrogens is 2. The van der Waals surface area contributed by atoms with Gasteiger partial charge in [-0.05, 0) is 12.1 Å². The highest BCUT2D eigenvalue weighted by atomic mass is 32.2. The van der Waals surface area contributed by atoms with Crippen LogP contribution in [-0.2, 0) is 14.4 Å². The number of carbonyl (C=O) groups excluding carboxylic acids is 1. The van der Waals surface area contributed by atoms with Gasteiger partial charge in [-0.1, -0.05) is 23.0 Å². The van der Waals surface area contributed by atoms with Gasteiger partial charge in [0.05, 0.1) is 18.8 Å². The highest BCUT2D eigenvalue weighted by Gasteiger charge is 2.27. The van der Waals surface area contributed by atoms with Crippen molar-refractivity contribution in [1.82, 2.24) is 9.38 Å². The minimum absolute atomic E-state index is 0.120. The number of hydrogen-bond acceptors (Lipinski definition) is 6. The van der Waals surface area contributed by atoms with E-state index in [1.807, 2.05) is 35.0 Å². The zero-order chi connectivity index (χ0) is 13.9. The zero-order valence-electron chi connectivity index (χ0n) is 10.9. The van der Waals surface area contributed by atoms with Crippen molar-refractivity contribution >= 4 is 29.0 Å². The summed E-state index contributed by atoms with van der Waals surface area (Å²) in [6.07, 6.45) is 4.15. The molecule has 0 unspecified atom stereocenters. The van der Waals surface area contributed by atoms with Crippen LogP contribution in [0.25, 0.3) is 5.52 Å². The first-order valence-electron chi connectivity index (χ1n) is 6.14.